The van der Waals surface area contributed by atoms with Crippen LogP contribution >= 0.6 is 40.7 Å². The Balaban J connectivity index is 3.15. The summed E-state index contributed by atoms with van der Waals surface area (Å²) in [6, 6.07) is 10.1. The summed E-state index contributed by atoms with van der Waals surface area (Å²) in [5.41, 5.74) is -2.68. The third kappa shape index (κ3) is 3.91. The van der Waals surface area contributed by atoms with Gasteiger partial charge in [0.25, 0.3) is 0 Å². The molecule has 0 radical (unpaired) electrons. The van der Waals surface area contributed by atoms with Gasteiger partial charge >= 0.3 is 5.67 Å². The maximum Gasteiger partial charge on any atom is 0.370 e. The summed E-state index contributed by atoms with van der Waals surface area (Å²) in [4.78, 5) is 0. The minimum Gasteiger partial charge on any atom is -0.121 e. The Morgan fingerprint density at radius 2 is 1.47 bits per heavy atom. The van der Waals surface area contributed by atoms with Crippen LogP contribution < -0.4 is 5.30 Å². The molecule has 1 atom stereocenters. The predicted molar refractivity (Wildman–Crippen MR) is 76.1 cm³/mol. The number of halogens is 3. The molecule has 0 amide bonds. The summed E-state index contributed by atoms with van der Waals surface area (Å²) in [5, 5.41) is 1.22. The van der Waals surface area contributed by atoms with Crippen molar-refractivity contribution < 1.29 is 0 Å². The highest BCUT2D eigenvalue weighted by Crippen LogP contribution is 2.61. The molecule has 0 aliphatic carbocycles. The van der Waals surface area contributed by atoms with Crippen molar-refractivity contribution in [1.82, 2.24) is 0 Å². The maximum atomic E-state index is 6.22. The molecule has 0 aliphatic rings. The van der Waals surface area contributed by atoms with Gasteiger partial charge < -0.3 is 0 Å². The van der Waals surface area contributed by atoms with E-state index in [9.17, 15) is 0 Å². The van der Waals surface area contributed by atoms with Crippen LogP contribution in [0.5, 0.6) is 0 Å². The van der Waals surface area contributed by atoms with E-state index >= 15 is 0 Å². The van der Waals surface area contributed by atoms with E-state index in [0.717, 1.165) is 0 Å². The molecule has 15 heavy (non-hydrogen) atoms. The second kappa shape index (κ2) is 4.94. The molecule has 0 aliphatic heterocycles. The van der Waals surface area contributed by atoms with E-state index < -0.39 is 13.1 Å². The van der Waals surface area contributed by atoms with Crippen LogP contribution in [0, 0.1) is 0 Å². The summed E-state index contributed by atoms with van der Waals surface area (Å²) in [6.07, 6.45) is 0. The van der Waals surface area contributed by atoms with Crippen molar-refractivity contribution in [3.05, 3.63) is 30.3 Å². The molecule has 0 bridgehead atoms. The average Bonchev–Trinajstić information content (AvgIpc) is 2.00. The van der Waals surface area contributed by atoms with Gasteiger partial charge in [0.05, 0.1) is 0 Å². The fourth-order valence-electron chi connectivity index (χ4n) is 1.49. The number of hydrogen-bond donors (Lipinski definition) is 0. The van der Waals surface area contributed by atoms with E-state index in [4.69, 9.17) is 33.2 Å². The SMILES string of the molecule is CC(C)(C)P(c1ccccc1)[Si](Cl)(Cl)Cl. The minimum atomic E-state index is -2.68. The zero-order valence-electron chi connectivity index (χ0n) is 8.97. The summed E-state index contributed by atoms with van der Waals surface area (Å²) in [7, 11) is -0.703. The molecular weight excluding hydrogens is 286 g/mol. The van der Waals surface area contributed by atoms with Crippen molar-refractivity contribution in [3.8, 4) is 0 Å². The van der Waals surface area contributed by atoms with E-state index in [1.54, 1.807) is 0 Å². The molecule has 0 fully saturated rings. The van der Waals surface area contributed by atoms with E-state index in [1.165, 1.54) is 5.30 Å². The smallest absolute Gasteiger partial charge is 0.121 e. The monoisotopic (exact) mass is 298 g/mol. The molecule has 1 unspecified atom stereocenters. The van der Waals surface area contributed by atoms with Gasteiger partial charge in [-0.25, -0.2) is 0 Å². The molecule has 0 saturated heterocycles. The lowest BCUT2D eigenvalue weighted by Crippen LogP contribution is -2.29. The van der Waals surface area contributed by atoms with Crippen molar-refractivity contribution in [2.75, 3.05) is 0 Å². The Morgan fingerprint density at radius 3 is 1.80 bits per heavy atom. The van der Waals surface area contributed by atoms with Gasteiger partial charge in [-0.1, -0.05) is 51.1 Å². The van der Waals surface area contributed by atoms with Crippen LogP contribution in [0.2, 0.25) is 0 Å². The highest BCUT2D eigenvalue weighted by atomic mass is 35.9. The molecule has 0 nitrogen and oxygen atoms in total. The molecule has 84 valence electrons. The van der Waals surface area contributed by atoms with E-state index in [2.05, 4.69) is 32.9 Å². The van der Waals surface area contributed by atoms with Gasteiger partial charge in [0.15, 0.2) is 0 Å². The van der Waals surface area contributed by atoms with Gasteiger partial charge in [0.2, 0.25) is 0 Å². The van der Waals surface area contributed by atoms with E-state index in [0.29, 0.717) is 0 Å². The van der Waals surface area contributed by atoms with Crippen LogP contribution in [-0.4, -0.2) is 10.8 Å². The van der Waals surface area contributed by atoms with Gasteiger partial charge in [-0.15, -0.1) is 33.2 Å². The highest BCUT2D eigenvalue weighted by molar-refractivity contribution is 8.22. The maximum absolute atomic E-state index is 6.22. The Morgan fingerprint density at radius 1 is 1.00 bits per heavy atom. The fraction of sp³-hybridized carbons (Fsp3) is 0.400. The summed E-state index contributed by atoms with van der Waals surface area (Å²) >= 11 is 18.7. The predicted octanol–water partition coefficient (Wildman–Crippen LogP) is 4.74. The van der Waals surface area contributed by atoms with Gasteiger partial charge in [-0.3, -0.25) is 0 Å². The van der Waals surface area contributed by atoms with Crippen LogP contribution in [0.1, 0.15) is 20.8 Å². The van der Waals surface area contributed by atoms with Crippen molar-refractivity contribution in [2.24, 2.45) is 0 Å². The second-order valence-corrected chi connectivity index (χ2v) is 20.3. The van der Waals surface area contributed by atoms with Crippen LogP contribution in [-0.2, 0) is 0 Å². The number of benzene rings is 1. The summed E-state index contributed by atoms with van der Waals surface area (Å²) < 4.78 is 0. The third-order valence-corrected chi connectivity index (χ3v) is 13.5. The molecular formula is C10H14Cl3PSi. The average molecular weight is 300 g/mol. The van der Waals surface area contributed by atoms with Gasteiger partial charge in [-0.2, -0.15) is 0 Å². The van der Waals surface area contributed by atoms with Crippen LogP contribution in [0.4, 0.5) is 0 Å². The second-order valence-electron chi connectivity index (χ2n) is 4.31. The van der Waals surface area contributed by atoms with E-state index in [-0.39, 0.29) is 5.16 Å². The first kappa shape index (κ1) is 13.8. The normalized spacial score (nSPS) is 15.1. The van der Waals surface area contributed by atoms with Gasteiger partial charge in [0, 0.05) is 0 Å². The van der Waals surface area contributed by atoms with Crippen LogP contribution in [0.3, 0.4) is 0 Å². The lowest BCUT2D eigenvalue weighted by molar-refractivity contribution is 0.795. The lowest BCUT2D eigenvalue weighted by Gasteiger charge is -2.35. The van der Waals surface area contributed by atoms with Crippen molar-refractivity contribution in [1.29, 1.82) is 0 Å². The Bertz CT molecular complexity index is 302. The van der Waals surface area contributed by atoms with Crippen LogP contribution in [0.15, 0.2) is 30.3 Å². The quantitative estimate of drug-likeness (QED) is 0.420. The molecule has 1 rings (SSSR count). The Hall–Kier alpha value is 0.737. The first-order valence-corrected chi connectivity index (χ1v) is 11.9. The summed E-state index contributed by atoms with van der Waals surface area (Å²) in [6.45, 7) is 6.42. The largest absolute Gasteiger partial charge is 0.370 e. The third-order valence-electron chi connectivity index (χ3n) is 1.94. The first-order chi connectivity index (χ1) is 6.73. The topological polar surface area (TPSA) is 0 Å². The number of hydrogen-bond acceptors (Lipinski definition) is 0. The molecule has 1 aromatic rings. The zero-order chi connectivity index (χ0) is 11.7. The molecule has 0 heterocycles. The number of rotatable bonds is 2. The minimum absolute atomic E-state index is 0.0359. The van der Waals surface area contributed by atoms with Crippen molar-refractivity contribution in [3.63, 3.8) is 0 Å². The fourth-order valence-corrected chi connectivity index (χ4v) is 16.9. The Labute approximate surface area is 108 Å². The van der Waals surface area contributed by atoms with E-state index in [1.807, 2.05) is 18.2 Å². The van der Waals surface area contributed by atoms with Gasteiger partial charge in [0.1, 0.15) is 0 Å². The molecule has 0 spiro atoms. The Kier molecular flexibility index (Phi) is 4.54. The molecule has 0 N–H and O–H groups in total. The van der Waals surface area contributed by atoms with Gasteiger partial charge in [-0.05, 0) is 17.9 Å². The van der Waals surface area contributed by atoms with Crippen molar-refractivity contribution in [2.45, 2.75) is 25.9 Å². The molecule has 0 saturated carbocycles. The zero-order valence-corrected chi connectivity index (χ0v) is 13.1. The summed E-state index contributed by atoms with van der Waals surface area (Å²) in [5.74, 6) is 0. The standard InChI is InChI=1S/C10H14Cl3PSi/c1-10(2,3)14(15(11,12)13)9-7-5-4-6-8-9/h4-8H,1-3H3. The highest BCUT2D eigenvalue weighted by Gasteiger charge is 2.44. The molecule has 1 aromatic carbocycles. The van der Waals surface area contributed by atoms with Crippen LogP contribution in [0.25, 0.3) is 0 Å². The van der Waals surface area contributed by atoms with Crippen molar-refractivity contribution >= 4 is 51.7 Å². The lowest BCUT2D eigenvalue weighted by atomic mass is 10.3. The first-order valence-electron chi connectivity index (χ1n) is 4.65. The molecule has 5 heteroatoms. The molecule has 0 aromatic heterocycles.